The Morgan fingerprint density at radius 1 is 1.10 bits per heavy atom. The van der Waals surface area contributed by atoms with E-state index in [1.807, 2.05) is 24.3 Å². The number of likely N-dealkylation sites (tertiary alicyclic amines) is 1. The third-order valence-corrected chi connectivity index (χ3v) is 5.53. The molecule has 7 heteroatoms. The van der Waals surface area contributed by atoms with Crippen molar-refractivity contribution in [1.29, 1.82) is 0 Å². The van der Waals surface area contributed by atoms with Crippen LogP contribution in [-0.4, -0.2) is 55.4 Å². The van der Waals surface area contributed by atoms with Crippen LogP contribution in [-0.2, 0) is 22.6 Å². The van der Waals surface area contributed by atoms with E-state index < -0.39 is 6.10 Å². The summed E-state index contributed by atoms with van der Waals surface area (Å²) in [7, 11) is 1.42. The van der Waals surface area contributed by atoms with Crippen molar-refractivity contribution in [2.75, 3.05) is 33.4 Å². The Balaban J connectivity index is 1.33. The summed E-state index contributed by atoms with van der Waals surface area (Å²) in [5, 5.41) is 13.6. The molecule has 0 radical (unpaired) electrons. The number of carbonyl (C=O) groups excluding carboxylic acids is 1. The zero-order valence-corrected chi connectivity index (χ0v) is 17.9. The van der Waals surface area contributed by atoms with Crippen molar-refractivity contribution in [3.8, 4) is 5.75 Å². The van der Waals surface area contributed by atoms with Gasteiger partial charge in [0, 0.05) is 19.6 Å². The molecule has 0 bridgehead atoms. The largest absolute Gasteiger partial charge is 0.491 e. The van der Waals surface area contributed by atoms with Gasteiger partial charge >= 0.3 is 5.97 Å². The standard InChI is InChI=1S/C24H31FN2O4/c1-30-24(29)20-10-12-27(13-11-20)16-22(28)17-31-23-8-4-19(5-9-23)15-26-14-18-2-6-21(25)7-3-18/h2-9,20,22,26,28H,10-17H2,1H3/t22-/m0/s1. The van der Waals surface area contributed by atoms with E-state index in [0.29, 0.717) is 25.4 Å². The van der Waals surface area contributed by atoms with E-state index >= 15 is 0 Å². The molecule has 0 amide bonds. The summed E-state index contributed by atoms with van der Waals surface area (Å²) in [6.07, 6.45) is 0.931. The van der Waals surface area contributed by atoms with Crippen molar-refractivity contribution in [2.24, 2.45) is 5.92 Å². The van der Waals surface area contributed by atoms with Gasteiger partial charge < -0.3 is 24.8 Å². The number of nitrogens with one attached hydrogen (secondary N) is 1. The maximum absolute atomic E-state index is 12.9. The van der Waals surface area contributed by atoms with Gasteiger partial charge in [-0.1, -0.05) is 24.3 Å². The molecule has 0 unspecified atom stereocenters. The minimum Gasteiger partial charge on any atom is -0.491 e. The highest BCUT2D eigenvalue weighted by molar-refractivity contribution is 5.72. The zero-order valence-electron chi connectivity index (χ0n) is 17.9. The molecule has 1 saturated heterocycles. The van der Waals surface area contributed by atoms with Crippen molar-refractivity contribution in [3.63, 3.8) is 0 Å². The van der Waals surface area contributed by atoms with Crippen molar-refractivity contribution in [2.45, 2.75) is 32.0 Å². The van der Waals surface area contributed by atoms with E-state index in [4.69, 9.17) is 9.47 Å². The van der Waals surface area contributed by atoms with Gasteiger partial charge in [-0.05, 0) is 61.3 Å². The number of aliphatic hydroxyl groups excluding tert-OH is 1. The molecule has 2 aromatic carbocycles. The Morgan fingerprint density at radius 3 is 2.26 bits per heavy atom. The van der Waals surface area contributed by atoms with Crippen LogP contribution in [0.3, 0.4) is 0 Å². The number of piperidine rings is 1. The van der Waals surface area contributed by atoms with Gasteiger partial charge in [0.1, 0.15) is 24.3 Å². The lowest BCUT2D eigenvalue weighted by molar-refractivity contribution is -0.147. The highest BCUT2D eigenvalue weighted by Gasteiger charge is 2.26. The summed E-state index contributed by atoms with van der Waals surface area (Å²) in [5.41, 5.74) is 2.15. The van der Waals surface area contributed by atoms with Gasteiger partial charge in [-0.3, -0.25) is 4.79 Å². The Hall–Kier alpha value is -2.48. The Morgan fingerprint density at radius 2 is 1.68 bits per heavy atom. The van der Waals surface area contributed by atoms with E-state index in [1.54, 1.807) is 12.1 Å². The monoisotopic (exact) mass is 430 g/mol. The molecule has 168 valence electrons. The number of aliphatic hydroxyl groups is 1. The Kier molecular flexibility index (Phi) is 8.82. The summed E-state index contributed by atoms with van der Waals surface area (Å²) in [4.78, 5) is 13.7. The number of hydrogen-bond acceptors (Lipinski definition) is 6. The number of methoxy groups -OCH3 is 1. The maximum atomic E-state index is 12.9. The first-order valence-corrected chi connectivity index (χ1v) is 10.7. The molecule has 1 aliphatic heterocycles. The molecular weight excluding hydrogens is 399 g/mol. The molecular formula is C24H31FN2O4. The number of β-amino-alcohol motifs (C(OH)–C–C–N with tert-alkyl or cyclic N) is 1. The van der Waals surface area contributed by atoms with Gasteiger partial charge in [-0.15, -0.1) is 0 Å². The molecule has 2 aromatic rings. The fourth-order valence-electron chi connectivity index (χ4n) is 3.72. The average molecular weight is 431 g/mol. The maximum Gasteiger partial charge on any atom is 0.308 e. The quantitative estimate of drug-likeness (QED) is 0.565. The number of nitrogens with zero attached hydrogens (tertiary/aromatic N) is 1. The number of benzene rings is 2. The predicted octanol–water partition coefficient (Wildman–Crippen LogP) is 2.74. The molecule has 1 heterocycles. The second-order valence-corrected chi connectivity index (χ2v) is 7.94. The molecule has 2 N–H and O–H groups in total. The van der Waals surface area contributed by atoms with Gasteiger partial charge in [0.2, 0.25) is 0 Å². The predicted molar refractivity (Wildman–Crippen MR) is 116 cm³/mol. The molecule has 1 atom stereocenters. The van der Waals surface area contributed by atoms with Crippen LogP contribution in [0.1, 0.15) is 24.0 Å². The third kappa shape index (κ3) is 7.61. The van der Waals surface area contributed by atoms with Crippen molar-refractivity contribution in [1.82, 2.24) is 10.2 Å². The smallest absolute Gasteiger partial charge is 0.308 e. The highest BCUT2D eigenvalue weighted by atomic mass is 19.1. The number of rotatable bonds is 10. The van der Waals surface area contributed by atoms with Crippen LogP contribution in [0.4, 0.5) is 4.39 Å². The lowest BCUT2D eigenvalue weighted by atomic mass is 9.97. The van der Waals surface area contributed by atoms with Crippen LogP contribution in [0.25, 0.3) is 0 Å². The van der Waals surface area contributed by atoms with E-state index in [9.17, 15) is 14.3 Å². The van der Waals surface area contributed by atoms with E-state index in [-0.39, 0.29) is 24.3 Å². The molecule has 1 aliphatic rings. The second-order valence-electron chi connectivity index (χ2n) is 7.94. The van der Waals surface area contributed by atoms with E-state index in [2.05, 4.69) is 10.2 Å². The number of ether oxygens (including phenoxy) is 2. The van der Waals surface area contributed by atoms with Crippen LogP contribution < -0.4 is 10.1 Å². The first-order valence-electron chi connectivity index (χ1n) is 10.7. The second kappa shape index (κ2) is 11.8. The van der Waals surface area contributed by atoms with Crippen LogP contribution >= 0.6 is 0 Å². The van der Waals surface area contributed by atoms with Crippen LogP contribution in [0.5, 0.6) is 5.75 Å². The molecule has 0 saturated carbocycles. The lowest BCUT2D eigenvalue weighted by Gasteiger charge is -2.31. The van der Waals surface area contributed by atoms with Crippen LogP contribution in [0, 0.1) is 11.7 Å². The van der Waals surface area contributed by atoms with Crippen molar-refractivity contribution in [3.05, 3.63) is 65.5 Å². The minimum absolute atomic E-state index is 0.0293. The lowest BCUT2D eigenvalue weighted by Crippen LogP contribution is -2.42. The van der Waals surface area contributed by atoms with Crippen molar-refractivity contribution >= 4 is 5.97 Å². The number of carbonyl (C=O) groups is 1. The molecule has 0 aromatic heterocycles. The molecule has 31 heavy (non-hydrogen) atoms. The van der Waals surface area contributed by atoms with Gasteiger partial charge in [-0.25, -0.2) is 4.39 Å². The molecule has 0 spiro atoms. The highest BCUT2D eigenvalue weighted by Crippen LogP contribution is 2.19. The number of hydrogen-bond donors (Lipinski definition) is 2. The zero-order chi connectivity index (χ0) is 22.1. The number of esters is 1. The Labute approximate surface area is 183 Å². The summed E-state index contributed by atoms with van der Waals surface area (Å²) in [6.45, 7) is 3.66. The number of halogens is 1. The van der Waals surface area contributed by atoms with E-state index in [0.717, 1.165) is 37.1 Å². The fraction of sp³-hybridized carbons (Fsp3) is 0.458. The summed E-state index contributed by atoms with van der Waals surface area (Å²) >= 11 is 0. The van der Waals surface area contributed by atoms with Crippen LogP contribution in [0.2, 0.25) is 0 Å². The molecule has 6 nitrogen and oxygen atoms in total. The Bertz CT molecular complexity index is 805. The van der Waals surface area contributed by atoms with Gasteiger partial charge in [-0.2, -0.15) is 0 Å². The first kappa shape index (κ1) is 23.2. The van der Waals surface area contributed by atoms with E-state index in [1.165, 1.54) is 19.2 Å². The van der Waals surface area contributed by atoms with Gasteiger partial charge in [0.05, 0.1) is 13.0 Å². The van der Waals surface area contributed by atoms with Crippen LogP contribution in [0.15, 0.2) is 48.5 Å². The third-order valence-electron chi connectivity index (χ3n) is 5.53. The molecule has 1 fully saturated rings. The van der Waals surface area contributed by atoms with Gasteiger partial charge in [0.25, 0.3) is 0 Å². The SMILES string of the molecule is COC(=O)C1CCN(C[C@H](O)COc2ccc(CNCc3ccc(F)cc3)cc2)CC1. The normalized spacial score (nSPS) is 16.1. The summed E-state index contributed by atoms with van der Waals surface area (Å²) in [6, 6.07) is 14.2. The summed E-state index contributed by atoms with van der Waals surface area (Å²) in [5.74, 6) is 0.314. The summed E-state index contributed by atoms with van der Waals surface area (Å²) < 4.78 is 23.5. The average Bonchev–Trinajstić information content (AvgIpc) is 2.80. The molecule has 3 rings (SSSR count). The minimum atomic E-state index is -0.591. The first-order chi connectivity index (χ1) is 15.0. The van der Waals surface area contributed by atoms with Crippen molar-refractivity contribution < 1.29 is 23.8 Å². The molecule has 0 aliphatic carbocycles. The van der Waals surface area contributed by atoms with Gasteiger partial charge in [0.15, 0.2) is 0 Å². The topological polar surface area (TPSA) is 71.0 Å². The fourth-order valence-corrected chi connectivity index (χ4v) is 3.72.